The van der Waals surface area contributed by atoms with Crippen molar-refractivity contribution < 1.29 is 19.4 Å². The Morgan fingerprint density at radius 1 is 1.54 bits per heavy atom. The summed E-state index contributed by atoms with van der Waals surface area (Å²) >= 11 is 0. The molecule has 1 aliphatic heterocycles. The van der Waals surface area contributed by atoms with Gasteiger partial charge in [0.05, 0.1) is 24.9 Å². The first-order chi connectivity index (χ1) is 11.6. The summed E-state index contributed by atoms with van der Waals surface area (Å²) in [6, 6.07) is 3.00. The van der Waals surface area contributed by atoms with Crippen LogP contribution in [0.4, 0.5) is 10.5 Å². The van der Waals surface area contributed by atoms with Crippen LogP contribution in [0.15, 0.2) is 24.3 Å². The molecule has 6 nitrogen and oxygen atoms in total. The van der Waals surface area contributed by atoms with E-state index in [1.807, 2.05) is 39.0 Å². The van der Waals surface area contributed by atoms with Gasteiger partial charge in [-0.05, 0) is 33.3 Å². The molecule has 0 aromatic heterocycles. The first-order valence-corrected chi connectivity index (χ1v) is 8.33. The number of amides is 2. The lowest BCUT2D eigenvalue weighted by Gasteiger charge is -2.17. The highest BCUT2D eigenvalue weighted by Gasteiger charge is 2.23. The molecule has 0 saturated carbocycles. The van der Waals surface area contributed by atoms with Crippen molar-refractivity contribution in [1.29, 1.82) is 0 Å². The van der Waals surface area contributed by atoms with Crippen molar-refractivity contribution >= 4 is 11.7 Å². The predicted molar refractivity (Wildman–Crippen MR) is 93.9 cm³/mol. The number of urea groups is 1. The molecule has 0 radical (unpaired) electrons. The molecule has 2 atom stereocenters. The number of carbonyl (C=O) groups is 1. The van der Waals surface area contributed by atoms with Crippen LogP contribution < -0.4 is 20.1 Å². The molecule has 1 aromatic carbocycles. The molecule has 0 bridgehead atoms. The number of hydrogen-bond donors (Lipinski definition) is 3. The van der Waals surface area contributed by atoms with E-state index in [1.54, 1.807) is 6.07 Å². The lowest BCUT2D eigenvalue weighted by Crippen LogP contribution is -2.40. The summed E-state index contributed by atoms with van der Waals surface area (Å²) in [5.74, 6) is 1.40. The molecule has 24 heavy (non-hydrogen) atoms. The zero-order chi connectivity index (χ0) is 17.5. The van der Waals surface area contributed by atoms with Gasteiger partial charge in [0.15, 0.2) is 0 Å². The lowest BCUT2D eigenvalue weighted by molar-refractivity contribution is 0.225. The number of benzene rings is 1. The van der Waals surface area contributed by atoms with E-state index in [-0.39, 0.29) is 24.8 Å². The number of rotatable bonds is 7. The monoisotopic (exact) mass is 334 g/mol. The number of carbonyl (C=O) groups excluding carboxylic acids is 1. The molecular weight excluding hydrogens is 308 g/mol. The van der Waals surface area contributed by atoms with Gasteiger partial charge in [-0.2, -0.15) is 0 Å². The summed E-state index contributed by atoms with van der Waals surface area (Å²) in [6.07, 6.45) is 5.31. The van der Waals surface area contributed by atoms with Crippen molar-refractivity contribution in [3.8, 4) is 11.5 Å². The summed E-state index contributed by atoms with van der Waals surface area (Å²) in [7, 11) is 0. The maximum Gasteiger partial charge on any atom is 0.319 e. The number of hydrogen-bond acceptors (Lipinski definition) is 4. The van der Waals surface area contributed by atoms with Crippen molar-refractivity contribution in [3.05, 3.63) is 29.8 Å². The van der Waals surface area contributed by atoms with E-state index in [9.17, 15) is 9.90 Å². The Morgan fingerprint density at radius 3 is 3.00 bits per heavy atom. The van der Waals surface area contributed by atoms with E-state index in [1.165, 1.54) is 0 Å². The first-order valence-electron chi connectivity index (χ1n) is 8.33. The smallest absolute Gasteiger partial charge is 0.319 e. The minimum absolute atomic E-state index is 0.123. The summed E-state index contributed by atoms with van der Waals surface area (Å²) in [6.45, 7) is 6.18. The normalized spacial score (nSPS) is 17.2. The quantitative estimate of drug-likeness (QED) is 0.670. The number of aliphatic hydroxyl groups excluding tert-OH is 1. The molecule has 6 heteroatoms. The van der Waals surface area contributed by atoms with Crippen LogP contribution in [-0.2, 0) is 6.42 Å². The van der Waals surface area contributed by atoms with Gasteiger partial charge in [0, 0.05) is 18.1 Å². The molecule has 0 aliphatic carbocycles. The molecule has 1 heterocycles. The fourth-order valence-corrected chi connectivity index (χ4v) is 2.64. The van der Waals surface area contributed by atoms with Crippen LogP contribution >= 0.6 is 0 Å². The predicted octanol–water partition coefficient (Wildman–Crippen LogP) is 2.86. The van der Waals surface area contributed by atoms with E-state index in [0.29, 0.717) is 24.5 Å². The van der Waals surface area contributed by atoms with Gasteiger partial charge in [-0.1, -0.05) is 12.2 Å². The van der Waals surface area contributed by atoms with Crippen molar-refractivity contribution in [1.82, 2.24) is 5.32 Å². The van der Waals surface area contributed by atoms with Gasteiger partial charge in [0.1, 0.15) is 17.6 Å². The van der Waals surface area contributed by atoms with E-state index in [2.05, 4.69) is 10.6 Å². The van der Waals surface area contributed by atoms with Crippen LogP contribution in [0.3, 0.4) is 0 Å². The standard InChI is InChI=1S/C18H26N2O4/c1-4-6-7-14(11-21)19-18(22)20-15-10-16-13(8-12(3)24-16)9-17(15)23-5-2/h4,6,9-10,12,14,21H,5,7-8,11H2,1-3H3,(H2,19,20,22)/b6-4+. The summed E-state index contributed by atoms with van der Waals surface area (Å²) in [5.41, 5.74) is 1.64. The van der Waals surface area contributed by atoms with Gasteiger partial charge in [0.2, 0.25) is 0 Å². The minimum Gasteiger partial charge on any atom is -0.492 e. The van der Waals surface area contributed by atoms with Crippen LogP contribution in [0, 0.1) is 0 Å². The average Bonchev–Trinajstić information content (AvgIpc) is 2.90. The molecule has 132 valence electrons. The van der Waals surface area contributed by atoms with Crippen LogP contribution in [0.5, 0.6) is 11.5 Å². The molecule has 2 unspecified atom stereocenters. The van der Waals surface area contributed by atoms with Crippen LogP contribution in [0.25, 0.3) is 0 Å². The first kappa shape index (κ1) is 18.1. The Kier molecular flexibility index (Phi) is 6.49. The average molecular weight is 334 g/mol. The fourth-order valence-electron chi connectivity index (χ4n) is 2.64. The van der Waals surface area contributed by atoms with Gasteiger partial charge < -0.3 is 25.2 Å². The lowest BCUT2D eigenvalue weighted by atomic mass is 10.1. The van der Waals surface area contributed by atoms with Gasteiger partial charge in [-0.3, -0.25) is 0 Å². The maximum atomic E-state index is 12.2. The molecule has 2 amide bonds. The maximum absolute atomic E-state index is 12.2. The summed E-state index contributed by atoms with van der Waals surface area (Å²) in [4.78, 5) is 12.2. The van der Waals surface area contributed by atoms with E-state index < -0.39 is 0 Å². The SMILES string of the molecule is C/C=C/CC(CO)NC(=O)Nc1cc2c(cc1OCC)CC(C)O2. The second-order valence-electron chi connectivity index (χ2n) is 5.80. The molecular formula is C18H26N2O4. The number of nitrogens with one attached hydrogen (secondary N) is 2. The molecule has 2 rings (SSSR count). The van der Waals surface area contributed by atoms with Crippen molar-refractivity contribution in [2.45, 2.75) is 45.8 Å². The Labute approximate surface area is 142 Å². The van der Waals surface area contributed by atoms with E-state index in [0.717, 1.165) is 17.7 Å². The highest BCUT2D eigenvalue weighted by atomic mass is 16.5. The summed E-state index contributed by atoms with van der Waals surface area (Å²) < 4.78 is 11.4. The minimum atomic E-state index is -0.384. The Bertz CT molecular complexity index is 601. The molecule has 0 saturated heterocycles. The van der Waals surface area contributed by atoms with Crippen LogP contribution in [0.2, 0.25) is 0 Å². The van der Waals surface area contributed by atoms with Gasteiger partial charge in [0.25, 0.3) is 0 Å². The third-order valence-electron chi connectivity index (χ3n) is 3.76. The summed E-state index contributed by atoms with van der Waals surface area (Å²) in [5, 5.41) is 14.9. The number of aliphatic hydroxyl groups is 1. The second kappa shape index (κ2) is 8.59. The number of fused-ring (bicyclic) bond motifs is 1. The highest BCUT2D eigenvalue weighted by Crippen LogP contribution is 2.38. The Morgan fingerprint density at radius 2 is 2.33 bits per heavy atom. The van der Waals surface area contributed by atoms with E-state index in [4.69, 9.17) is 9.47 Å². The van der Waals surface area contributed by atoms with Gasteiger partial charge in [-0.15, -0.1) is 0 Å². The van der Waals surface area contributed by atoms with Crippen molar-refractivity contribution in [2.75, 3.05) is 18.5 Å². The fraction of sp³-hybridized carbons (Fsp3) is 0.500. The molecule has 3 N–H and O–H groups in total. The third kappa shape index (κ3) is 4.64. The Hall–Kier alpha value is -2.21. The number of anilines is 1. The zero-order valence-electron chi connectivity index (χ0n) is 14.5. The molecule has 0 fully saturated rings. The molecule has 1 aliphatic rings. The van der Waals surface area contributed by atoms with Gasteiger partial charge >= 0.3 is 6.03 Å². The second-order valence-corrected chi connectivity index (χ2v) is 5.80. The third-order valence-corrected chi connectivity index (χ3v) is 3.76. The highest BCUT2D eigenvalue weighted by molar-refractivity contribution is 5.91. The van der Waals surface area contributed by atoms with Crippen LogP contribution in [-0.4, -0.2) is 36.5 Å². The van der Waals surface area contributed by atoms with Crippen LogP contribution in [0.1, 0.15) is 32.8 Å². The van der Waals surface area contributed by atoms with Crippen molar-refractivity contribution in [3.63, 3.8) is 0 Å². The number of ether oxygens (including phenoxy) is 2. The Balaban J connectivity index is 2.10. The van der Waals surface area contributed by atoms with Crippen molar-refractivity contribution in [2.24, 2.45) is 0 Å². The largest absolute Gasteiger partial charge is 0.492 e. The zero-order valence-corrected chi connectivity index (χ0v) is 14.5. The molecule has 1 aromatic rings. The topological polar surface area (TPSA) is 79.8 Å². The molecule has 0 spiro atoms. The van der Waals surface area contributed by atoms with E-state index >= 15 is 0 Å². The number of allylic oxidation sites excluding steroid dienone is 1. The van der Waals surface area contributed by atoms with Gasteiger partial charge in [-0.25, -0.2) is 4.79 Å².